The van der Waals surface area contributed by atoms with E-state index in [0.717, 1.165) is 30.1 Å². The molecule has 0 unspecified atom stereocenters. The summed E-state index contributed by atoms with van der Waals surface area (Å²) in [4.78, 5) is 4.43. The number of aryl methyl sites for hydroxylation is 2. The van der Waals surface area contributed by atoms with Gasteiger partial charge in [-0.2, -0.15) is 0 Å². The van der Waals surface area contributed by atoms with Crippen LogP contribution in [0.2, 0.25) is 0 Å². The fraction of sp³-hybridized carbons (Fsp3) is 0.462. The molecule has 1 heterocycles. The molecule has 0 fully saturated rings. The summed E-state index contributed by atoms with van der Waals surface area (Å²) in [5.74, 6) is 3.39. The summed E-state index contributed by atoms with van der Waals surface area (Å²) in [5.41, 5.74) is 2.03. The Morgan fingerprint density at radius 3 is 3.00 bits per heavy atom. The second-order valence-electron chi connectivity index (χ2n) is 3.48. The van der Waals surface area contributed by atoms with E-state index in [4.69, 9.17) is 11.2 Å². The van der Waals surface area contributed by atoms with Crippen molar-refractivity contribution in [3.63, 3.8) is 0 Å². The van der Waals surface area contributed by atoms with Crippen LogP contribution in [0, 0.1) is 19.3 Å². The van der Waals surface area contributed by atoms with Crippen LogP contribution in [0.25, 0.3) is 0 Å². The molecule has 0 saturated heterocycles. The van der Waals surface area contributed by atoms with Crippen molar-refractivity contribution in [3.05, 3.63) is 23.5 Å². The lowest BCUT2D eigenvalue weighted by Crippen LogP contribution is -2.21. The molecule has 0 amide bonds. The monoisotopic (exact) mass is 218 g/mol. The van der Waals surface area contributed by atoms with Crippen LogP contribution in [0.1, 0.15) is 18.3 Å². The number of hydrogen-bond donors (Lipinski definition) is 1. The predicted molar refractivity (Wildman–Crippen MR) is 65.5 cm³/mol. The highest BCUT2D eigenvalue weighted by molar-refractivity contribution is 5.29. The molecule has 0 bridgehead atoms. The van der Waals surface area contributed by atoms with Gasteiger partial charge in [0.15, 0.2) is 0 Å². The number of nitrogens with zero attached hydrogens (tertiary/aromatic N) is 1. The van der Waals surface area contributed by atoms with Crippen molar-refractivity contribution in [1.82, 2.24) is 10.3 Å². The molecule has 3 heteroatoms. The number of pyridine rings is 1. The lowest BCUT2D eigenvalue weighted by Gasteiger charge is -2.10. The molecule has 0 aliphatic heterocycles. The van der Waals surface area contributed by atoms with Gasteiger partial charge in [-0.05, 0) is 25.5 Å². The van der Waals surface area contributed by atoms with E-state index in [9.17, 15) is 0 Å². The number of nitrogens with one attached hydrogen (secondary N) is 1. The van der Waals surface area contributed by atoms with E-state index in [1.807, 2.05) is 19.1 Å². The molecular weight excluding hydrogens is 200 g/mol. The minimum absolute atomic E-state index is 0.580. The predicted octanol–water partition coefficient (Wildman–Crippen LogP) is 1.55. The standard InChI is InChI=1S/C13H18N2O/c1-4-8-14-9-10-16-13-7-6-11(3)15-12(13)5-2/h1,6-7,14H,5,8-10H2,2-3H3. The minimum Gasteiger partial charge on any atom is -0.490 e. The summed E-state index contributed by atoms with van der Waals surface area (Å²) in [5, 5.41) is 3.07. The number of ether oxygens (including phenoxy) is 1. The Hall–Kier alpha value is -1.53. The molecule has 0 aliphatic rings. The van der Waals surface area contributed by atoms with Crippen LogP contribution in [0.4, 0.5) is 0 Å². The van der Waals surface area contributed by atoms with Gasteiger partial charge < -0.3 is 10.1 Å². The molecule has 0 aromatic carbocycles. The molecule has 1 aromatic heterocycles. The zero-order valence-corrected chi connectivity index (χ0v) is 9.92. The van der Waals surface area contributed by atoms with Crippen molar-refractivity contribution in [2.45, 2.75) is 20.3 Å². The quantitative estimate of drug-likeness (QED) is 0.581. The van der Waals surface area contributed by atoms with Crippen LogP contribution < -0.4 is 10.1 Å². The van der Waals surface area contributed by atoms with E-state index in [-0.39, 0.29) is 0 Å². The summed E-state index contributed by atoms with van der Waals surface area (Å²) in [6.07, 6.45) is 6.00. The van der Waals surface area contributed by atoms with Gasteiger partial charge in [0, 0.05) is 12.2 Å². The van der Waals surface area contributed by atoms with Gasteiger partial charge in [0.25, 0.3) is 0 Å². The molecule has 0 radical (unpaired) electrons. The Labute approximate surface area is 97.2 Å². The highest BCUT2D eigenvalue weighted by Crippen LogP contribution is 2.16. The topological polar surface area (TPSA) is 34.1 Å². The first-order valence-electron chi connectivity index (χ1n) is 5.51. The van der Waals surface area contributed by atoms with Crippen LogP contribution in [0.15, 0.2) is 12.1 Å². The number of hydrogen-bond acceptors (Lipinski definition) is 3. The molecule has 3 nitrogen and oxygen atoms in total. The lowest BCUT2D eigenvalue weighted by molar-refractivity contribution is 0.312. The highest BCUT2D eigenvalue weighted by Gasteiger charge is 2.03. The van der Waals surface area contributed by atoms with Crippen molar-refractivity contribution in [3.8, 4) is 18.1 Å². The minimum atomic E-state index is 0.580. The Kier molecular flexibility index (Phi) is 5.38. The molecular formula is C13H18N2O. The maximum atomic E-state index is 5.64. The van der Waals surface area contributed by atoms with E-state index in [1.165, 1.54) is 0 Å². The number of aromatic nitrogens is 1. The summed E-state index contributed by atoms with van der Waals surface area (Å²) in [7, 11) is 0. The van der Waals surface area contributed by atoms with Gasteiger partial charge in [0.1, 0.15) is 12.4 Å². The maximum absolute atomic E-state index is 5.64. The van der Waals surface area contributed by atoms with Crippen molar-refractivity contribution in [2.24, 2.45) is 0 Å². The molecule has 0 atom stereocenters. The largest absolute Gasteiger partial charge is 0.490 e. The van der Waals surface area contributed by atoms with E-state index in [0.29, 0.717) is 13.2 Å². The van der Waals surface area contributed by atoms with Crippen LogP contribution in [-0.2, 0) is 6.42 Å². The fourth-order valence-corrected chi connectivity index (χ4v) is 1.38. The van der Waals surface area contributed by atoms with Crippen LogP contribution in [0.3, 0.4) is 0 Å². The molecule has 1 aromatic rings. The van der Waals surface area contributed by atoms with Crippen molar-refractivity contribution in [2.75, 3.05) is 19.7 Å². The number of rotatable bonds is 6. The van der Waals surface area contributed by atoms with Gasteiger partial charge in [-0.25, -0.2) is 0 Å². The first-order chi connectivity index (χ1) is 7.77. The third-order valence-corrected chi connectivity index (χ3v) is 2.17. The summed E-state index contributed by atoms with van der Waals surface area (Å²) in [6, 6.07) is 3.94. The second kappa shape index (κ2) is 6.86. The van der Waals surface area contributed by atoms with Crippen molar-refractivity contribution < 1.29 is 4.74 Å². The third-order valence-electron chi connectivity index (χ3n) is 2.17. The Morgan fingerprint density at radius 2 is 2.31 bits per heavy atom. The zero-order valence-electron chi connectivity index (χ0n) is 9.92. The maximum Gasteiger partial charge on any atom is 0.140 e. The van der Waals surface area contributed by atoms with Gasteiger partial charge in [0.05, 0.1) is 12.2 Å². The van der Waals surface area contributed by atoms with E-state index >= 15 is 0 Å². The summed E-state index contributed by atoms with van der Waals surface area (Å²) < 4.78 is 5.64. The fourth-order valence-electron chi connectivity index (χ4n) is 1.38. The van der Waals surface area contributed by atoms with Crippen LogP contribution in [-0.4, -0.2) is 24.7 Å². The summed E-state index contributed by atoms with van der Waals surface area (Å²) >= 11 is 0. The average molecular weight is 218 g/mol. The highest BCUT2D eigenvalue weighted by atomic mass is 16.5. The lowest BCUT2D eigenvalue weighted by atomic mass is 10.2. The third kappa shape index (κ3) is 3.92. The smallest absolute Gasteiger partial charge is 0.140 e. The van der Waals surface area contributed by atoms with Gasteiger partial charge in [-0.15, -0.1) is 6.42 Å². The van der Waals surface area contributed by atoms with Crippen molar-refractivity contribution in [1.29, 1.82) is 0 Å². The molecule has 1 N–H and O–H groups in total. The molecule has 0 saturated carbocycles. The van der Waals surface area contributed by atoms with Gasteiger partial charge in [-0.3, -0.25) is 4.98 Å². The van der Waals surface area contributed by atoms with E-state index in [1.54, 1.807) is 0 Å². The van der Waals surface area contributed by atoms with Crippen LogP contribution in [0.5, 0.6) is 5.75 Å². The normalized spacial score (nSPS) is 9.81. The Morgan fingerprint density at radius 1 is 1.50 bits per heavy atom. The van der Waals surface area contributed by atoms with Gasteiger partial charge >= 0.3 is 0 Å². The number of terminal acetylenes is 1. The first-order valence-corrected chi connectivity index (χ1v) is 5.51. The van der Waals surface area contributed by atoms with Gasteiger partial charge in [-0.1, -0.05) is 12.8 Å². The summed E-state index contributed by atoms with van der Waals surface area (Å²) in [6.45, 7) is 6.00. The molecule has 16 heavy (non-hydrogen) atoms. The Bertz CT molecular complexity index is 369. The molecule has 86 valence electrons. The molecule has 0 aliphatic carbocycles. The second-order valence-corrected chi connectivity index (χ2v) is 3.48. The van der Waals surface area contributed by atoms with E-state index < -0.39 is 0 Å². The molecule has 0 spiro atoms. The first kappa shape index (κ1) is 12.5. The zero-order chi connectivity index (χ0) is 11.8. The van der Waals surface area contributed by atoms with Crippen LogP contribution >= 0.6 is 0 Å². The van der Waals surface area contributed by atoms with Gasteiger partial charge in [0.2, 0.25) is 0 Å². The molecule has 1 rings (SSSR count). The van der Waals surface area contributed by atoms with Crippen molar-refractivity contribution >= 4 is 0 Å². The van der Waals surface area contributed by atoms with E-state index in [2.05, 4.69) is 23.1 Å². The Balaban J connectivity index is 2.44. The average Bonchev–Trinajstić information content (AvgIpc) is 2.30. The SMILES string of the molecule is C#CCNCCOc1ccc(C)nc1CC.